The van der Waals surface area contributed by atoms with E-state index in [1.54, 1.807) is 18.2 Å². The average Bonchev–Trinajstić information content (AvgIpc) is 2.41. The highest BCUT2D eigenvalue weighted by molar-refractivity contribution is 14.1. The Balaban J connectivity index is 2.47. The zero-order valence-corrected chi connectivity index (χ0v) is 13.6. The minimum atomic E-state index is -4.24. The van der Waals surface area contributed by atoms with Crippen molar-refractivity contribution in [3.05, 3.63) is 57.2 Å². The summed E-state index contributed by atoms with van der Waals surface area (Å²) < 4.78 is 54.6. The Morgan fingerprint density at radius 2 is 1.90 bits per heavy atom. The molecule has 0 spiro atoms. The van der Waals surface area contributed by atoms with Crippen LogP contribution in [0.4, 0.5) is 14.5 Å². The smallest absolute Gasteiger partial charge is 0.264 e. The number of anilines is 1. The van der Waals surface area contributed by atoms with Gasteiger partial charge in [-0.2, -0.15) is 0 Å². The molecule has 112 valence electrons. The van der Waals surface area contributed by atoms with Crippen molar-refractivity contribution in [1.82, 2.24) is 0 Å². The maximum atomic E-state index is 13.8. The predicted octanol–water partition coefficient (Wildman–Crippen LogP) is 2.83. The lowest BCUT2D eigenvalue weighted by Crippen LogP contribution is -2.16. The first kappa shape index (κ1) is 16.1. The molecule has 3 N–H and O–H groups in total. The van der Waals surface area contributed by atoms with Crippen molar-refractivity contribution in [3.63, 3.8) is 0 Å². The van der Waals surface area contributed by atoms with E-state index in [0.29, 0.717) is 0 Å². The molecule has 0 unspecified atom stereocenters. The molecular weight excluding hydrogens is 413 g/mol. The molecule has 21 heavy (non-hydrogen) atoms. The van der Waals surface area contributed by atoms with Gasteiger partial charge < -0.3 is 5.73 Å². The van der Waals surface area contributed by atoms with Crippen molar-refractivity contribution < 1.29 is 17.2 Å². The minimum Gasteiger partial charge on any atom is -0.326 e. The van der Waals surface area contributed by atoms with E-state index in [2.05, 4.69) is 4.72 Å². The quantitative estimate of drug-likeness (QED) is 0.742. The van der Waals surface area contributed by atoms with Gasteiger partial charge in [0.2, 0.25) is 0 Å². The average molecular weight is 424 g/mol. The van der Waals surface area contributed by atoms with Crippen LogP contribution in [0.3, 0.4) is 0 Å². The maximum absolute atomic E-state index is 13.8. The SMILES string of the molecule is NCc1cc(F)c(F)c(S(=O)(=O)Nc2cccc(I)c2)c1. The highest BCUT2D eigenvalue weighted by Crippen LogP contribution is 2.23. The maximum Gasteiger partial charge on any atom is 0.264 e. The zero-order chi connectivity index (χ0) is 15.6. The molecule has 0 aliphatic rings. The Bertz CT molecular complexity index is 782. The van der Waals surface area contributed by atoms with Crippen molar-refractivity contribution in [2.24, 2.45) is 5.73 Å². The van der Waals surface area contributed by atoms with Gasteiger partial charge >= 0.3 is 0 Å². The predicted molar refractivity (Wildman–Crippen MR) is 84.2 cm³/mol. The van der Waals surface area contributed by atoms with Crippen LogP contribution in [0.15, 0.2) is 41.3 Å². The summed E-state index contributed by atoms with van der Waals surface area (Å²) in [7, 11) is -4.24. The van der Waals surface area contributed by atoms with Gasteiger partial charge in [-0.3, -0.25) is 4.72 Å². The molecule has 0 heterocycles. The van der Waals surface area contributed by atoms with Gasteiger partial charge in [0.1, 0.15) is 4.90 Å². The van der Waals surface area contributed by atoms with Crippen LogP contribution in [0.2, 0.25) is 0 Å². The molecule has 8 heteroatoms. The van der Waals surface area contributed by atoms with Crippen LogP contribution in [0.1, 0.15) is 5.56 Å². The summed E-state index contributed by atoms with van der Waals surface area (Å²) in [6.07, 6.45) is 0. The van der Waals surface area contributed by atoms with Crippen molar-refractivity contribution in [3.8, 4) is 0 Å². The number of sulfonamides is 1. The van der Waals surface area contributed by atoms with E-state index in [0.717, 1.165) is 15.7 Å². The number of halogens is 3. The lowest BCUT2D eigenvalue weighted by atomic mass is 10.2. The lowest BCUT2D eigenvalue weighted by Gasteiger charge is -2.11. The molecule has 0 saturated carbocycles. The molecule has 0 aromatic heterocycles. The highest BCUT2D eigenvalue weighted by atomic mass is 127. The van der Waals surface area contributed by atoms with Gasteiger partial charge in [-0.25, -0.2) is 17.2 Å². The van der Waals surface area contributed by atoms with Crippen LogP contribution in [-0.4, -0.2) is 8.42 Å². The lowest BCUT2D eigenvalue weighted by molar-refractivity contribution is 0.483. The third-order valence-corrected chi connectivity index (χ3v) is 4.71. The van der Waals surface area contributed by atoms with Crippen molar-refractivity contribution >= 4 is 38.3 Å². The van der Waals surface area contributed by atoms with Gasteiger partial charge in [-0.05, 0) is 58.5 Å². The molecule has 2 aromatic rings. The number of hydrogen-bond donors (Lipinski definition) is 2. The molecule has 0 atom stereocenters. The van der Waals surface area contributed by atoms with Gasteiger partial charge in [0.15, 0.2) is 11.6 Å². The third-order valence-electron chi connectivity index (χ3n) is 2.66. The van der Waals surface area contributed by atoms with E-state index in [1.165, 1.54) is 6.07 Å². The van der Waals surface area contributed by atoms with Crippen LogP contribution in [-0.2, 0) is 16.6 Å². The fourth-order valence-electron chi connectivity index (χ4n) is 1.69. The number of rotatable bonds is 4. The summed E-state index contributed by atoms with van der Waals surface area (Å²) in [6.45, 7) is -0.0943. The fraction of sp³-hybridized carbons (Fsp3) is 0.0769. The van der Waals surface area contributed by atoms with Crippen molar-refractivity contribution in [2.45, 2.75) is 11.4 Å². The Morgan fingerprint density at radius 1 is 1.19 bits per heavy atom. The highest BCUT2D eigenvalue weighted by Gasteiger charge is 2.23. The second-order valence-electron chi connectivity index (χ2n) is 4.21. The fourth-order valence-corrected chi connectivity index (χ4v) is 3.42. The van der Waals surface area contributed by atoms with Gasteiger partial charge in [0.05, 0.1) is 0 Å². The van der Waals surface area contributed by atoms with Crippen molar-refractivity contribution in [1.29, 1.82) is 0 Å². The summed E-state index contributed by atoms with van der Waals surface area (Å²) in [5.74, 6) is -2.67. The molecule has 0 radical (unpaired) electrons. The van der Waals surface area contributed by atoms with Gasteiger partial charge in [-0.15, -0.1) is 0 Å². The number of nitrogens with one attached hydrogen (secondary N) is 1. The summed E-state index contributed by atoms with van der Waals surface area (Å²) in [5, 5.41) is 0. The van der Waals surface area contributed by atoms with E-state index in [9.17, 15) is 17.2 Å². The van der Waals surface area contributed by atoms with Crippen LogP contribution >= 0.6 is 22.6 Å². The molecule has 0 fully saturated rings. The zero-order valence-electron chi connectivity index (χ0n) is 10.6. The first-order chi connectivity index (χ1) is 9.83. The van der Waals surface area contributed by atoms with E-state index in [-0.39, 0.29) is 17.8 Å². The molecular formula is C13H11F2IN2O2S. The molecule has 0 bridgehead atoms. The van der Waals surface area contributed by atoms with Crippen LogP contribution in [0.5, 0.6) is 0 Å². The number of nitrogens with two attached hydrogens (primary N) is 1. The van der Waals surface area contributed by atoms with Gasteiger partial charge in [0.25, 0.3) is 10.0 Å². The molecule has 0 saturated heterocycles. The topological polar surface area (TPSA) is 72.2 Å². The molecule has 2 aromatic carbocycles. The van der Waals surface area contributed by atoms with Gasteiger partial charge in [-0.1, -0.05) is 6.07 Å². The molecule has 2 rings (SSSR count). The molecule has 0 aliphatic heterocycles. The third kappa shape index (κ3) is 3.69. The Kier molecular flexibility index (Phi) is 4.79. The summed E-state index contributed by atoms with van der Waals surface area (Å²) >= 11 is 2.01. The van der Waals surface area contributed by atoms with E-state index >= 15 is 0 Å². The molecule has 4 nitrogen and oxygen atoms in total. The second kappa shape index (κ2) is 6.24. The summed E-state index contributed by atoms with van der Waals surface area (Å²) in [4.78, 5) is -0.762. The Hall–Kier alpha value is -1.26. The van der Waals surface area contributed by atoms with Crippen molar-refractivity contribution in [2.75, 3.05) is 4.72 Å². The van der Waals surface area contributed by atoms with E-state index in [4.69, 9.17) is 5.73 Å². The molecule has 0 aliphatic carbocycles. The van der Waals surface area contributed by atoms with Crippen LogP contribution in [0.25, 0.3) is 0 Å². The van der Waals surface area contributed by atoms with Crippen LogP contribution in [0, 0.1) is 15.2 Å². The second-order valence-corrected chi connectivity index (χ2v) is 7.11. The Labute approximate surface area is 134 Å². The number of hydrogen-bond acceptors (Lipinski definition) is 3. The summed E-state index contributed by atoms with van der Waals surface area (Å²) in [6, 6.07) is 8.40. The standard InChI is InChI=1S/C13H11F2IN2O2S/c14-11-4-8(7-17)5-12(13(11)15)21(19,20)18-10-3-1-2-9(16)6-10/h1-6,18H,7,17H2. The van der Waals surface area contributed by atoms with Crippen LogP contribution < -0.4 is 10.5 Å². The van der Waals surface area contributed by atoms with E-state index < -0.39 is 26.6 Å². The normalized spacial score (nSPS) is 11.4. The van der Waals surface area contributed by atoms with Gasteiger partial charge in [0, 0.05) is 15.8 Å². The first-order valence-corrected chi connectivity index (χ1v) is 8.36. The summed E-state index contributed by atoms with van der Waals surface area (Å²) in [5.41, 5.74) is 5.80. The van der Waals surface area contributed by atoms with E-state index in [1.807, 2.05) is 22.6 Å². The largest absolute Gasteiger partial charge is 0.326 e. The molecule has 0 amide bonds. The minimum absolute atomic E-state index is 0.0943. The monoisotopic (exact) mass is 424 g/mol. The Morgan fingerprint density at radius 3 is 2.52 bits per heavy atom. The first-order valence-electron chi connectivity index (χ1n) is 5.80. The number of benzene rings is 2.